The number of hydrogen-bond donors (Lipinski definition) is 0. The van der Waals surface area contributed by atoms with Crippen LogP contribution in [0.2, 0.25) is 10.0 Å². The molecule has 32 heavy (non-hydrogen) atoms. The van der Waals surface area contributed by atoms with Crippen LogP contribution in [-0.4, -0.2) is 30.8 Å². The number of aromatic nitrogens is 1. The van der Waals surface area contributed by atoms with Crippen molar-refractivity contribution >= 4 is 34.8 Å². The molecule has 0 unspecified atom stereocenters. The molecule has 0 aliphatic heterocycles. The Labute approximate surface area is 195 Å². The van der Waals surface area contributed by atoms with E-state index in [2.05, 4.69) is 4.98 Å². The molecule has 0 saturated carbocycles. The average Bonchev–Trinajstić information content (AvgIpc) is 2.78. The molecule has 0 aliphatic carbocycles. The highest BCUT2D eigenvalue weighted by atomic mass is 35.5. The van der Waals surface area contributed by atoms with E-state index in [1.807, 2.05) is 0 Å². The average molecular weight is 476 g/mol. The molecule has 0 atom stereocenters. The first-order valence-corrected chi connectivity index (χ1v) is 10.4. The van der Waals surface area contributed by atoms with Gasteiger partial charge < -0.3 is 9.47 Å². The van der Waals surface area contributed by atoms with Crippen LogP contribution in [0.25, 0.3) is 11.3 Å². The van der Waals surface area contributed by atoms with Crippen LogP contribution in [0, 0.1) is 12.7 Å². The van der Waals surface area contributed by atoms with E-state index < -0.39 is 0 Å². The van der Waals surface area contributed by atoms with Gasteiger partial charge in [0.05, 0.1) is 24.3 Å². The minimum Gasteiger partial charge on any atom is -0.494 e. The third-order valence-corrected chi connectivity index (χ3v) is 5.46. The fourth-order valence-corrected chi connectivity index (χ4v) is 3.82. The smallest absolute Gasteiger partial charge is 0.181 e. The number of rotatable bonds is 8. The quantitative estimate of drug-likeness (QED) is 0.354. The van der Waals surface area contributed by atoms with Crippen molar-refractivity contribution in [2.45, 2.75) is 19.8 Å². The van der Waals surface area contributed by atoms with Crippen LogP contribution in [0.4, 0.5) is 4.39 Å². The van der Waals surface area contributed by atoms with E-state index in [0.29, 0.717) is 28.1 Å². The summed E-state index contributed by atoms with van der Waals surface area (Å²) in [7, 11) is 2.92. The Balaban J connectivity index is 1.79. The number of nitrogens with zero attached hydrogens (tertiary/aromatic N) is 1. The van der Waals surface area contributed by atoms with Crippen LogP contribution in [0.5, 0.6) is 11.5 Å². The van der Waals surface area contributed by atoms with Gasteiger partial charge in [0.15, 0.2) is 17.3 Å². The summed E-state index contributed by atoms with van der Waals surface area (Å²) >= 11 is 12.2. The van der Waals surface area contributed by atoms with Crippen molar-refractivity contribution in [1.82, 2.24) is 4.98 Å². The summed E-state index contributed by atoms with van der Waals surface area (Å²) in [5.41, 5.74) is 1.96. The Kier molecular flexibility index (Phi) is 7.48. The van der Waals surface area contributed by atoms with Crippen LogP contribution >= 0.6 is 23.2 Å². The van der Waals surface area contributed by atoms with Gasteiger partial charge in [0.1, 0.15) is 23.0 Å². The third kappa shape index (κ3) is 5.09. The number of aryl methyl sites for hydroxylation is 1. The summed E-state index contributed by atoms with van der Waals surface area (Å²) < 4.78 is 24.1. The maximum Gasteiger partial charge on any atom is 0.181 e. The van der Waals surface area contributed by atoms with Crippen molar-refractivity contribution in [2.75, 3.05) is 14.2 Å². The maximum absolute atomic E-state index is 13.7. The Morgan fingerprint density at radius 1 is 0.938 bits per heavy atom. The topological polar surface area (TPSA) is 65.5 Å². The summed E-state index contributed by atoms with van der Waals surface area (Å²) in [5.74, 6) is -0.199. The van der Waals surface area contributed by atoms with Gasteiger partial charge in [-0.25, -0.2) is 9.37 Å². The lowest BCUT2D eigenvalue weighted by Crippen LogP contribution is -2.08. The molecule has 0 spiro atoms. The molecule has 3 aromatic rings. The number of methoxy groups -OCH3 is 2. The van der Waals surface area contributed by atoms with Gasteiger partial charge in [-0.3, -0.25) is 9.59 Å². The number of halogens is 3. The van der Waals surface area contributed by atoms with Crippen LogP contribution in [-0.2, 0) is 0 Å². The Bertz CT molecular complexity index is 1170. The molecule has 0 N–H and O–H groups in total. The van der Waals surface area contributed by atoms with Crippen LogP contribution in [0.3, 0.4) is 0 Å². The molecule has 0 bridgehead atoms. The van der Waals surface area contributed by atoms with Gasteiger partial charge >= 0.3 is 0 Å². The van der Waals surface area contributed by atoms with Crippen LogP contribution < -0.4 is 9.47 Å². The van der Waals surface area contributed by atoms with Crippen molar-refractivity contribution in [3.05, 3.63) is 75.1 Å². The normalized spacial score (nSPS) is 10.7. The molecule has 0 amide bonds. The van der Waals surface area contributed by atoms with Gasteiger partial charge in [-0.2, -0.15) is 0 Å². The highest BCUT2D eigenvalue weighted by molar-refractivity contribution is 6.37. The second-order valence-corrected chi connectivity index (χ2v) is 7.85. The number of benzene rings is 2. The molecule has 0 aliphatic rings. The van der Waals surface area contributed by atoms with Crippen molar-refractivity contribution in [1.29, 1.82) is 0 Å². The molecular formula is C24H20Cl2FNO4. The van der Waals surface area contributed by atoms with E-state index in [4.69, 9.17) is 32.7 Å². The van der Waals surface area contributed by atoms with Crippen molar-refractivity contribution in [2.24, 2.45) is 0 Å². The van der Waals surface area contributed by atoms with Crippen LogP contribution in [0.15, 0.2) is 42.5 Å². The van der Waals surface area contributed by atoms with Crippen LogP contribution in [0.1, 0.15) is 39.3 Å². The first-order valence-electron chi connectivity index (χ1n) is 9.66. The van der Waals surface area contributed by atoms with E-state index in [-0.39, 0.29) is 51.7 Å². The summed E-state index contributed by atoms with van der Waals surface area (Å²) in [6.07, 6.45) is -0.0994. The molecule has 1 heterocycles. The standard InChI is InChI=1S/C24H20Cl2FNO4/c1-13-10-14(4-5-18(13)27)23-22(31-2)9-6-19(28-23)21(30)8-7-20(29)15-11-16(25)24(32-3)17(26)12-15/h4-6,9-12H,7-8H2,1-3H3. The molecule has 8 heteroatoms. The fraction of sp³-hybridized carbons (Fsp3) is 0.208. The highest BCUT2D eigenvalue weighted by Gasteiger charge is 2.18. The maximum atomic E-state index is 13.7. The lowest BCUT2D eigenvalue weighted by Gasteiger charge is -2.11. The molecule has 0 radical (unpaired) electrons. The second kappa shape index (κ2) is 10.1. The Morgan fingerprint density at radius 3 is 2.19 bits per heavy atom. The minimum absolute atomic E-state index is 0.0451. The highest BCUT2D eigenvalue weighted by Crippen LogP contribution is 2.34. The third-order valence-electron chi connectivity index (χ3n) is 4.90. The molecule has 3 rings (SSSR count). The SMILES string of the molecule is COc1ccc(C(=O)CCC(=O)c2cc(Cl)c(OC)c(Cl)c2)nc1-c1ccc(F)c(C)c1. The molecule has 2 aromatic carbocycles. The Morgan fingerprint density at radius 2 is 1.59 bits per heavy atom. The number of pyridine rings is 1. The van der Waals surface area contributed by atoms with Gasteiger partial charge in [0, 0.05) is 24.0 Å². The van der Waals surface area contributed by atoms with E-state index in [9.17, 15) is 14.0 Å². The molecule has 166 valence electrons. The zero-order valence-corrected chi connectivity index (χ0v) is 19.2. The predicted molar refractivity (Wildman–Crippen MR) is 122 cm³/mol. The van der Waals surface area contributed by atoms with E-state index in [0.717, 1.165) is 0 Å². The van der Waals surface area contributed by atoms with E-state index in [1.54, 1.807) is 25.1 Å². The second-order valence-electron chi connectivity index (χ2n) is 7.03. The summed E-state index contributed by atoms with van der Waals surface area (Å²) in [6.45, 7) is 1.64. The zero-order chi connectivity index (χ0) is 23.4. The van der Waals surface area contributed by atoms with Gasteiger partial charge in [0.25, 0.3) is 0 Å². The minimum atomic E-state index is -0.336. The molecule has 5 nitrogen and oxygen atoms in total. The number of carbonyl (C=O) groups is 2. The number of ether oxygens (including phenoxy) is 2. The summed E-state index contributed by atoms with van der Waals surface area (Å²) in [4.78, 5) is 29.7. The first kappa shape index (κ1) is 23.7. The van der Waals surface area contributed by atoms with Crippen molar-refractivity contribution in [3.8, 4) is 22.8 Å². The van der Waals surface area contributed by atoms with Gasteiger partial charge in [-0.05, 0) is 55.0 Å². The van der Waals surface area contributed by atoms with E-state index >= 15 is 0 Å². The largest absolute Gasteiger partial charge is 0.494 e. The van der Waals surface area contributed by atoms with Crippen molar-refractivity contribution < 1.29 is 23.5 Å². The molecule has 0 saturated heterocycles. The van der Waals surface area contributed by atoms with E-state index in [1.165, 1.54) is 38.5 Å². The molecule has 0 fully saturated rings. The van der Waals surface area contributed by atoms with Crippen molar-refractivity contribution in [3.63, 3.8) is 0 Å². The van der Waals surface area contributed by atoms with Gasteiger partial charge in [-0.15, -0.1) is 0 Å². The number of hydrogen-bond acceptors (Lipinski definition) is 5. The molecule has 1 aromatic heterocycles. The molecular weight excluding hydrogens is 456 g/mol. The van der Waals surface area contributed by atoms with Gasteiger partial charge in [-0.1, -0.05) is 23.2 Å². The number of Topliss-reactive ketones (excluding diaryl/α,β-unsaturated/α-hetero) is 2. The lowest BCUT2D eigenvalue weighted by atomic mass is 10.0. The first-order chi connectivity index (χ1) is 15.2. The summed E-state index contributed by atoms with van der Waals surface area (Å²) in [5, 5.41) is 0.427. The summed E-state index contributed by atoms with van der Waals surface area (Å²) in [6, 6.07) is 10.6. The number of ketones is 2. The zero-order valence-electron chi connectivity index (χ0n) is 17.7. The van der Waals surface area contributed by atoms with Gasteiger partial charge in [0.2, 0.25) is 0 Å². The fourth-order valence-electron chi connectivity index (χ4n) is 3.18. The predicted octanol–water partition coefficient (Wildman–Crippen LogP) is 6.37. The monoisotopic (exact) mass is 475 g/mol. The number of carbonyl (C=O) groups excluding carboxylic acids is 2. The lowest BCUT2D eigenvalue weighted by molar-refractivity contribution is 0.0915. The Hall–Kier alpha value is -2.96.